The van der Waals surface area contributed by atoms with Crippen LogP contribution in [0.1, 0.15) is 33.1 Å². The van der Waals surface area contributed by atoms with Crippen molar-refractivity contribution in [2.45, 2.75) is 33.1 Å². The Morgan fingerprint density at radius 1 is 0.800 bits per heavy atom. The molecule has 0 fully saturated rings. The van der Waals surface area contributed by atoms with Crippen LogP contribution < -0.4 is 0 Å². The van der Waals surface area contributed by atoms with Gasteiger partial charge >= 0.3 is 0 Å². The van der Waals surface area contributed by atoms with Gasteiger partial charge in [0.15, 0.2) is 0 Å². The number of ether oxygens (including phenoxy) is 3. The molecule has 1 radical (unpaired) electrons. The molecule has 0 unspecified atom stereocenters. The van der Waals surface area contributed by atoms with Crippen LogP contribution in [0.5, 0.6) is 0 Å². The average Bonchev–Trinajstić information content (AvgIpc) is 2.26. The van der Waals surface area contributed by atoms with Gasteiger partial charge in [-0.05, 0) is 19.3 Å². The molecule has 3 heteroatoms. The molecule has 0 aliphatic carbocycles. The number of rotatable bonds is 12. The fraction of sp³-hybridized carbons (Fsp3) is 0.917. The van der Waals surface area contributed by atoms with E-state index in [-0.39, 0.29) is 0 Å². The normalized spacial score (nSPS) is 10.8. The predicted octanol–water partition coefficient (Wildman–Crippen LogP) is 2.45. The summed E-state index contributed by atoms with van der Waals surface area (Å²) >= 11 is 0. The first-order chi connectivity index (χ1) is 7.41. The van der Waals surface area contributed by atoms with Crippen LogP contribution in [-0.4, -0.2) is 39.6 Å². The van der Waals surface area contributed by atoms with Gasteiger partial charge in [-0.3, -0.25) is 0 Å². The molecule has 0 saturated carbocycles. The van der Waals surface area contributed by atoms with Gasteiger partial charge < -0.3 is 14.2 Å². The van der Waals surface area contributed by atoms with Gasteiger partial charge in [0, 0.05) is 13.2 Å². The van der Waals surface area contributed by atoms with Crippen LogP contribution in [0, 0.1) is 6.42 Å². The first-order valence-electron chi connectivity index (χ1n) is 5.92. The standard InChI is InChI=1S/C12H25O3/c1-3-5-7-13-9-11-15-12-10-14-8-6-4-2/h3H,4-12H2,1-2H3. The third-order valence-corrected chi connectivity index (χ3v) is 1.94. The molecule has 0 aliphatic heterocycles. The van der Waals surface area contributed by atoms with Crippen molar-refractivity contribution in [2.24, 2.45) is 0 Å². The quantitative estimate of drug-likeness (QED) is 0.470. The van der Waals surface area contributed by atoms with Crippen LogP contribution in [0.4, 0.5) is 0 Å². The highest BCUT2D eigenvalue weighted by atomic mass is 16.5. The Bertz CT molecular complexity index is 95.0. The Kier molecular flexibility index (Phi) is 13.8. The Morgan fingerprint density at radius 2 is 1.33 bits per heavy atom. The summed E-state index contributed by atoms with van der Waals surface area (Å²) in [6.07, 6.45) is 5.43. The topological polar surface area (TPSA) is 27.7 Å². The van der Waals surface area contributed by atoms with Crippen LogP contribution in [0.15, 0.2) is 0 Å². The fourth-order valence-corrected chi connectivity index (χ4v) is 0.989. The van der Waals surface area contributed by atoms with Gasteiger partial charge in [0.25, 0.3) is 0 Å². The van der Waals surface area contributed by atoms with Crippen LogP contribution >= 0.6 is 0 Å². The van der Waals surface area contributed by atoms with Crippen molar-refractivity contribution in [3.63, 3.8) is 0 Å². The molecular formula is C12H25O3. The van der Waals surface area contributed by atoms with Crippen LogP contribution in [-0.2, 0) is 14.2 Å². The van der Waals surface area contributed by atoms with Gasteiger partial charge in [-0.2, -0.15) is 0 Å². The molecule has 91 valence electrons. The van der Waals surface area contributed by atoms with Gasteiger partial charge in [-0.25, -0.2) is 0 Å². The summed E-state index contributed by atoms with van der Waals surface area (Å²) in [5.41, 5.74) is 0. The van der Waals surface area contributed by atoms with Gasteiger partial charge in [0.05, 0.1) is 26.4 Å². The van der Waals surface area contributed by atoms with E-state index < -0.39 is 0 Å². The van der Waals surface area contributed by atoms with E-state index in [1.165, 1.54) is 6.42 Å². The van der Waals surface area contributed by atoms with E-state index in [0.717, 1.165) is 26.1 Å². The molecule has 0 aliphatic rings. The van der Waals surface area contributed by atoms with Crippen molar-refractivity contribution in [2.75, 3.05) is 39.6 Å². The monoisotopic (exact) mass is 217 g/mol. The molecule has 0 saturated heterocycles. The van der Waals surface area contributed by atoms with E-state index in [1.807, 2.05) is 6.92 Å². The lowest BCUT2D eigenvalue weighted by atomic mass is 10.4. The third kappa shape index (κ3) is 13.9. The van der Waals surface area contributed by atoms with Crippen molar-refractivity contribution in [1.82, 2.24) is 0 Å². The van der Waals surface area contributed by atoms with Gasteiger partial charge in [-0.15, -0.1) is 0 Å². The van der Waals surface area contributed by atoms with Crippen molar-refractivity contribution in [1.29, 1.82) is 0 Å². The molecule has 0 aromatic carbocycles. The summed E-state index contributed by atoms with van der Waals surface area (Å²) in [5.74, 6) is 0. The Balaban J connectivity index is 2.81. The maximum absolute atomic E-state index is 5.35. The van der Waals surface area contributed by atoms with Crippen molar-refractivity contribution >= 4 is 0 Å². The lowest BCUT2D eigenvalue weighted by molar-refractivity contribution is 0.0145. The molecule has 0 aromatic rings. The molecule has 0 aromatic heterocycles. The van der Waals surface area contributed by atoms with Gasteiger partial charge in [0.2, 0.25) is 0 Å². The molecule has 0 bridgehead atoms. The molecule has 0 rings (SSSR count). The summed E-state index contributed by atoms with van der Waals surface area (Å²) in [7, 11) is 0. The van der Waals surface area contributed by atoms with E-state index >= 15 is 0 Å². The number of unbranched alkanes of at least 4 members (excludes halogenated alkanes) is 2. The molecular weight excluding hydrogens is 192 g/mol. The third-order valence-electron chi connectivity index (χ3n) is 1.94. The van der Waals surface area contributed by atoms with Gasteiger partial charge in [-0.1, -0.05) is 20.3 Å². The molecule has 0 heterocycles. The second-order valence-electron chi connectivity index (χ2n) is 3.39. The SMILES string of the molecule is C[CH]CCOCCOCCOCCCC. The predicted molar refractivity (Wildman–Crippen MR) is 62.0 cm³/mol. The van der Waals surface area contributed by atoms with E-state index in [1.54, 1.807) is 0 Å². The number of hydrogen-bond acceptors (Lipinski definition) is 3. The molecule has 0 N–H and O–H groups in total. The summed E-state index contributed by atoms with van der Waals surface area (Å²) in [4.78, 5) is 0. The maximum Gasteiger partial charge on any atom is 0.0701 e. The number of hydrogen-bond donors (Lipinski definition) is 0. The zero-order valence-corrected chi connectivity index (χ0v) is 10.2. The zero-order valence-electron chi connectivity index (χ0n) is 10.2. The minimum atomic E-state index is 0.668. The Morgan fingerprint density at radius 3 is 1.87 bits per heavy atom. The zero-order chi connectivity index (χ0) is 11.2. The largest absolute Gasteiger partial charge is 0.379 e. The highest BCUT2D eigenvalue weighted by Crippen LogP contribution is 1.89. The minimum Gasteiger partial charge on any atom is -0.379 e. The van der Waals surface area contributed by atoms with E-state index in [0.29, 0.717) is 26.4 Å². The van der Waals surface area contributed by atoms with Gasteiger partial charge in [0.1, 0.15) is 0 Å². The van der Waals surface area contributed by atoms with Crippen molar-refractivity contribution in [3.05, 3.63) is 6.42 Å². The van der Waals surface area contributed by atoms with E-state index in [9.17, 15) is 0 Å². The summed E-state index contributed by atoms with van der Waals surface area (Å²) < 4.78 is 16.0. The molecule has 15 heavy (non-hydrogen) atoms. The first-order valence-corrected chi connectivity index (χ1v) is 5.92. The highest BCUT2D eigenvalue weighted by molar-refractivity contribution is 4.52. The first kappa shape index (κ1) is 14.9. The summed E-state index contributed by atoms with van der Waals surface area (Å²) in [5, 5.41) is 0. The highest BCUT2D eigenvalue weighted by Gasteiger charge is 1.91. The summed E-state index contributed by atoms with van der Waals surface area (Å²) in [6.45, 7) is 8.56. The molecule has 0 amide bonds. The lowest BCUT2D eigenvalue weighted by Crippen LogP contribution is -2.10. The van der Waals surface area contributed by atoms with Crippen molar-refractivity contribution < 1.29 is 14.2 Å². The van der Waals surface area contributed by atoms with Crippen LogP contribution in [0.2, 0.25) is 0 Å². The second kappa shape index (κ2) is 13.9. The maximum atomic E-state index is 5.35. The van der Waals surface area contributed by atoms with E-state index in [4.69, 9.17) is 14.2 Å². The molecule has 0 atom stereocenters. The molecule has 0 spiro atoms. The average molecular weight is 217 g/mol. The lowest BCUT2D eigenvalue weighted by Gasteiger charge is -2.05. The summed E-state index contributed by atoms with van der Waals surface area (Å²) in [6, 6.07) is 0. The van der Waals surface area contributed by atoms with E-state index in [2.05, 4.69) is 13.3 Å². The van der Waals surface area contributed by atoms with Crippen molar-refractivity contribution in [3.8, 4) is 0 Å². The minimum absolute atomic E-state index is 0.668. The smallest absolute Gasteiger partial charge is 0.0701 e. The van der Waals surface area contributed by atoms with Crippen LogP contribution in [0.25, 0.3) is 0 Å². The second-order valence-corrected chi connectivity index (χ2v) is 3.39. The Hall–Kier alpha value is -0.120. The molecule has 3 nitrogen and oxygen atoms in total. The Labute approximate surface area is 94.1 Å². The fourth-order valence-electron chi connectivity index (χ4n) is 0.989. The van der Waals surface area contributed by atoms with Crippen LogP contribution in [0.3, 0.4) is 0 Å².